The molecule has 2 aromatic rings. The van der Waals surface area contributed by atoms with Crippen molar-refractivity contribution in [1.82, 2.24) is 10.2 Å². The zero-order valence-corrected chi connectivity index (χ0v) is 19.5. The predicted octanol–water partition coefficient (Wildman–Crippen LogP) is 4.38. The fraction of sp³-hybridized carbons (Fsp3) is 0.440. The first-order chi connectivity index (χ1) is 15.5. The van der Waals surface area contributed by atoms with Gasteiger partial charge in [-0.3, -0.25) is 9.59 Å². The molecule has 2 aromatic carbocycles. The molecule has 0 saturated carbocycles. The van der Waals surface area contributed by atoms with Crippen LogP contribution in [0.4, 0.5) is 0 Å². The molecule has 0 aliphatic carbocycles. The summed E-state index contributed by atoms with van der Waals surface area (Å²) in [5, 5.41) is 3.51. The van der Waals surface area contributed by atoms with E-state index in [0.29, 0.717) is 37.0 Å². The minimum absolute atomic E-state index is 0.0991. The molecule has 0 aromatic heterocycles. The molecule has 0 radical (unpaired) electrons. The summed E-state index contributed by atoms with van der Waals surface area (Å²) < 4.78 is 11.2. The van der Waals surface area contributed by atoms with Gasteiger partial charge in [0.1, 0.15) is 19.3 Å². The normalized spacial score (nSPS) is 13.3. The van der Waals surface area contributed by atoms with Crippen LogP contribution >= 0.6 is 11.6 Å². The van der Waals surface area contributed by atoms with Crippen molar-refractivity contribution in [1.29, 1.82) is 0 Å². The van der Waals surface area contributed by atoms with Crippen molar-refractivity contribution in [3.05, 3.63) is 58.6 Å². The van der Waals surface area contributed by atoms with Gasteiger partial charge in [0.05, 0.1) is 0 Å². The van der Waals surface area contributed by atoms with Gasteiger partial charge in [-0.25, -0.2) is 0 Å². The van der Waals surface area contributed by atoms with Crippen LogP contribution in [0, 0.1) is 0 Å². The molecule has 0 saturated heterocycles. The lowest BCUT2D eigenvalue weighted by Crippen LogP contribution is -2.47. The van der Waals surface area contributed by atoms with Gasteiger partial charge in [0.2, 0.25) is 11.8 Å². The van der Waals surface area contributed by atoms with Crippen molar-refractivity contribution < 1.29 is 19.1 Å². The minimum Gasteiger partial charge on any atom is -0.486 e. The first-order valence-electron chi connectivity index (χ1n) is 11.2. The number of aryl methyl sites for hydroxylation is 1. The van der Waals surface area contributed by atoms with E-state index >= 15 is 0 Å². The number of hydrogen-bond acceptors (Lipinski definition) is 4. The summed E-state index contributed by atoms with van der Waals surface area (Å²) in [4.78, 5) is 27.6. The van der Waals surface area contributed by atoms with Crippen LogP contribution in [0.1, 0.15) is 44.2 Å². The largest absolute Gasteiger partial charge is 0.486 e. The van der Waals surface area contributed by atoms with E-state index in [4.69, 9.17) is 21.1 Å². The van der Waals surface area contributed by atoms with Crippen LogP contribution in [-0.2, 0) is 22.6 Å². The molecular weight excluding hydrogens is 428 g/mol. The third-order valence-corrected chi connectivity index (χ3v) is 5.90. The number of benzene rings is 2. The summed E-state index contributed by atoms with van der Waals surface area (Å²) in [6.07, 6.45) is 2.71. The van der Waals surface area contributed by atoms with E-state index in [-0.39, 0.29) is 24.8 Å². The number of unbranched alkanes of at least 4 members (excludes halogenated alkanes) is 1. The number of carbonyl (C=O) groups excluding carboxylic acids is 2. The van der Waals surface area contributed by atoms with Gasteiger partial charge in [-0.2, -0.15) is 0 Å². The van der Waals surface area contributed by atoms with E-state index in [1.165, 1.54) is 0 Å². The fourth-order valence-electron chi connectivity index (χ4n) is 3.57. The summed E-state index contributed by atoms with van der Waals surface area (Å²) >= 11 is 6.34. The van der Waals surface area contributed by atoms with Crippen LogP contribution in [-0.4, -0.2) is 42.5 Å². The van der Waals surface area contributed by atoms with Gasteiger partial charge in [0, 0.05) is 24.5 Å². The van der Waals surface area contributed by atoms with Gasteiger partial charge in [0.25, 0.3) is 0 Å². The SMILES string of the molecule is CCCCNC(=O)[C@@H](C)N(Cc1ccccc1Cl)C(=O)CCc1ccc2c(c1)OCCO2. The Bertz CT molecular complexity index is 934. The lowest BCUT2D eigenvalue weighted by atomic mass is 10.1. The van der Waals surface area contributed by atoms with E-state index in [0.717, 1.165) is 29.7 Å². The maximum atomic E-state index is 13.2. The summed E-state index contributed by atoms with van der Waals surface area (Å²) in [6.45, 7) is 5.78. The minimum atomic E-state index is -0.601. The molecule has 0 unspecified atom stereocenters. The lowest BCUT2D eigenvalue weighted by Gasteiger charge is -2.29. The Labute approximate surface area is 194 Å². The van der Waals surface area contributed by atoms with Crippen molar-refractivity contribution in [3.63, 3.8) is 0 Å². The van der Waals surface area contributed by atoms with Gasteiger partial charge < -0.3 is 19.7 Å². The average molecular weight is 459 g/mol. The molecule has 1 heterocycles. The van der Waals surface area contributed by atoms with Gasteiger partial charge in [-0.05, 0) is 49.1 Å². The molecule has 0 fully saturated rings. The number of fused-ring (bicyclic) bond motifs is 1. The first kappa shape index (κ1) is 23.9. The number of nitrogens with zero attached hydrogens (tertiary/aromatic N) is 1. The maximum Gasteiger partial charge on any atom is 0.242 e. The van der Waals surface area contributed by atoms with Gasteiger partial charge >= 0.3 is 0 Å². The van der Waals surface area contributed by atoms with Crippen LogP contribution in [0.15, 0.2) is 42.5 Å². The number of ether oxygens (including phenoxy) is 2. The predicted molar refractivity (Wildman–Crippen MR) is 125 cm³/mol. The Balaban J connectivity index is 1.70. The number of nitrogens with one attached hydrogen (secondary N) is 1. The molecule has 2 amide bonds. The molecular formula is C25H31ClN2O4. The molecule has 0 spiro atoms. The van der Waals surface area contributed by atoms with Crippen molar-refractivity contribution >= 4 is 23.4 Å². The lowest BCUT2D eigenvalue weighted by molar-refractivity contribution is -0.140. The maximum absolute atomic E-state index is 13.2. The summed E-state index contributed by atoms with van der Waals surface area (Å²) in [5.74, 6) is 1.18. The van der Waals surface area contributed by atoms with Crippen LogP contribution in [0.3, 0.4) is 0 Å². The highest BCUT2D eigenvalue weighted by atomic mass is 35.5. The summed E-state index contributed by atoms with van der Waals surface area (Å²) in [7, 11) is 0. The van der Waals surface area contributed by atoms with E-state index < -0.39 is 6.04 Å². The number of halogens is 1. The van der Waals surface area contributed by atoms with E-state index in [1.54, 1.807) is 17.9 Å². The van der Waals surface area contributed by atoms with Crippen molar-refractivity contribution in [2.45, 2.75) is 52.1 Å². The van der Waals surface area contributed by atoms with Crippen molar-refractivity contribution in [3.8, 4) is 11.5 Å². The second-order valence-electron chi connectivity index (χ2n) is 7.91. The van der Waals surface area contributed by atoms with E-state index in [9.17, 15) is 9.59 Å². The molecule has 172 valence electrons. The van der Waals surface area contributed by atoms with Crippen LogP contribution in [0.5, 0.6) is 11.5 Å². The Morgan fingerprint density at radius 3 is 2.62 bits per heavy atom. The molecule has 32 heavy (non-hydrogen) atoms. The Morgan fingerprint density at radius 1 is 1.12 bits per heavy atom. The molecule has 1 aliphatic heterocycles. The third kappa shape index (κ3) is 6.39. The third-order valence-electron chi connectivity index (χ3n) is 5.53. The number of hydrogen-bond donors (Lipinski definition) is 1. The number of amides is 2. The van der Waals surface area contributed by atoms with Gasteiger partial charge in [-0.15, -0.1) is 0 Å². The highest BCUT2D eigenvalue weighted by Gasteiger charge is 2.26. The van der Waals surface area contributed by atoms with E-state index in [1.807, 2.05) is 36.4 Å². The fourth-order valence-corrected chi connectivity index (χ4v) is 3.76. The van der Waals surface area contributed by atoms with Crippen LogP contribution in [0.25, 0.3) is 0 Å². The van der Waals surface area contributed by atoms with E-state index in [2.05, 4.69) is 12.2 Å². The molecule has 3 rings (SSSR count). The van der Waals surface area contributed by atoms with Crippen LogP contribution in [0.2, 0.25) is 5.02 Å². The summed E-state index contributed by atoms with van der Waals surface area (Å²) in [6, 6.07) is 12.5. The number of carbonyl (C=O) groups is 2. The Kier molecular flexibility index (Phi) is 8.80. The van der Waals surface area contributed by atoms with Crippen LogP contribution < -0.4 is 14.8 Å². The molecule has 1 atom stereocenters. The smallest absolute Gasteiger partial charge is 0.242 e. The summed E-state index contributed by atoms with van der Waals surface area (Å²) in [5.41, 5.74) is 1.80. The Hall–Kier alpha value is -2.73. The monoisotopic (exact) mass is 458 g/mol. The average Bonchev–Trinajstić information content (AvgIpc) is 2.81. The standard InChI is InChI=1S/C25H31ClN2O4/c1-3-4-13-27-25(30)18(2)28(17-20-7-5-6-8-21(20)26)24(29)12-10-19-9-11-22-23(16-19)32-15-14-31-22/h5-9,11,16,18H,3-4,10,12-15,17H2,1-2H3,(H,27,30)/t18-/m1/s1. The van der Waals surface area contributed by atoms with Crippen molar-refractivity contribution in [2.24, 2.45) is 0 Å². The first-order valence-corrected chi connectivity index (χ1v) is 11.6. The zero-order valence-electron chi connectivity index (χ0n) is 18.7. The quantitative estimate of drug-likeness (QED) is 0.536. The molecule has 7 heteroatoms. The highest BCUT2D eigenvalue weighted by molar-refractivity contribution is 6.31. The zero-order chi connectivity index (χ0) is 22.9. The number of rotatable bonds is 10. The Morgan fingerprint density at radius 2 is 1.88 bits per heavy atom. The van der Waals surface area contributed by atoms with Gasteiger partial charge in [-0.1, -0.05) is 49.2 Å². The molecule has 0 bridgehead atoms. The van der Waals surface area contributed by atoms with Gasteiger partial charge in [0.15, 0.2) is 11.5 Å². The second-order valence-corrected chi connectivity index (χ2v) is 8.32. The second kappa shape index (κ2) is 11.8. The molecule has 6 nitrogen and oxygen atoms in total. The topological polar surface area (TPSA) is 67.9 Å². The molecule has 1 aliphatic rings. The highest BCUT2D eigenvalue weighted by Crippen LogP contribution is 2.31. The van der Waals surface area contributed by atoms with Crippen molar-refractivity contribution in [2.75, 3.05) is 19.8 Å². The molecule has 1 N–H and O–H groups in total.